The summed E-state index contributed by atoms with van der Waals surface area (Å²) in [7, 11) is 0. The maximum atomic E-state index is 12.5. The Hall–Kier alpha value is -0.690. The first-order valence-corrected chi connectivity index (χ1v) is 5.95. The number of furan rings is 1. The molecule has 0 aliphatic rings. The van der Waals surface area contributed by atoms with Crippen molar-refractivity contribution in [1.82, 2.24) is 0 Å². The molecule has 0 fully saturated rings. The molecule has 0 bridgehead atoms. The van der Waals surface area contributed by atoms with Crippen LogP contribution in [0.4, 0.5) is 13.2 Å². The van der Waals surface area contributed by atoms with Gasteiger partial charge in [-0.15, -0.1) is 0 Å². The number of alkyl halides is 3. The Kier molecular flexibility index (Phi) is 3.40. The number of halogens is 5. The van der Waals surface area contributed by atoms with Gasteiger partial charge >= 0.3 is 6.18 Å². The molecule has 0 unspecified atom stereocenters. The fourth-order valence-electron chi connectivity index (χ4n) is 1.39. The largest absolute Gasteiger partial charge is 0.464 e. The van der Waals surface area contributed by atoms with E-state index < -0.39 is 11.7 Å². The van der Waals surface area contributed by atoms with Crippen molar-refractivity contribution in [2.45, 2.75) is 6.18 Å². The van der Waals surface area contributed by atoms with Crippen molar-refractivity contribution in [2.75, 3.05) is 0 Å². The Morgan fingerprint density at radius 2 is 1.94 bits per heavy atom. The molecule has 1 aromatic carbocycles. The van der Waals surface area contributed by atoms with Crippen LogP contribution in [0.5, 0.6) is 0 Å². The van der Waals surface area contributed by atoms with Gasteiger partial charge in [-0.2, -0.15) is 13.2 Å². The molecule has 17 heavy (non-hydrogen) atoms. The minimum atomic E-state index is -4.40. The van der Waals surface area contributed by atoms with Gasteiger partial charge in [-0.1, -0.05) is 11.6 Å². The minimum absolute atomic E-state index is 0.0270. The molecule has 0 radical (unpaired) electrons. The van der Waals surface area contributed by atoms with E-state index in [9.17, 15) is 13.2 Å². The van der Waals surface area contributed by atoms with Crippen molar-refractivity contribution in [2.24, 2.45) is 0 Å². The van der Waals surface area contributed by atoms with E-state index in [4.69, 9.17) is 16.0 Å². The summed E-state index contributed by atoms with van der Waals surface area (Å²) in [5.74, 6) is 0.452. The quantitative estimate of drug-likeness (QED) is 0.625. The summed E-state index contributed by atoms with van der Waals surface area (Å²) < 4.78 is 43.1. The molecule has 2 aromatic rings. The lowest BCUT2D eigenvalue weighted by molar-refractivity contribution is -0.137. The predicted octanol–water partition coefficient (Wildman–Crippen LogP) is 5.22. The van der Waals surface area contributed by atoms with Crippen molar-refractivity contribution in [3.05, 3.63) is 44.7 Å². The van der Waals surface area contributed by atoms with Gasteiger partial charge in [-0.05, 0) is 46.9 Å². The van der Waals surface area contributed by atoms with E-state index in [1.165, 1.54) is 6.26 Å². The Morgan fingerprint density at radius 1 is 1.24 bits per heavy atom. The van der Waals surface area contributed by atoms with Crippen LogP contribution in [0, 0.1) is 3.57 Å². The van der Waals surface area contributed by atoms with Crippen LogP contribution in [0.3, 0.4) is 0 Å². The van der Waals surface area contributed by atoms with Gasteiger partial charge in [0.05, 0.1) is 16.8 Å². The molecule has 6 heteroatoms. The predicted molar refractivity (Wildman–Crippen MR) is 66.9 cm³/mol. The first-order chi connectivity index (χ1) is 7.89. The summed E-state index contributed by atoms with van der Waals surface area (Å²) in [5, 5.41) is 0.0270. The van der Waals surface area contributed by atoms with Crippen LogP contribution in [0.1, 0.15) is 5.56 Å². The molecule has 0 N–H and O–H groups in total. The third kappa shape index (κ3) is 2.60. The van der Waals surface area contributed by atoms with E-state index in [0.717, 1.165) is 12.1 Å². The van der Waals surface area contributed by atoms with Gasteiger partial charge < -0.3 is 4.42 Å². The highest BCUT2D eigenvalue weighted by Gasteiger charge is 2.32. The SMILES string of the molecule is FC(F)(F)c1cc(Cl)c(-c2ccco2)c(I)c1. The maximum Gasteiger partial charge on any atom is 0.416 e. The Morgan fingerprint density at radius 3 is 2.41 bits per heavy atom. The molecule has 90 valence electrons. The second kappa shape index (κ2) is 4.53. The third-order valence-electron chi connectivity index (χ3n) is 2.14. The summed E-state index contributed by atoms with van der Waals surface area (Å²) >= 11 is 7.68. The molecule has 0 saturated heterocycles. The minimum Gasteiger partial charge on any atom is -0.464 e. The smallest absolute Gasteiger partial charge is 0.416 e. The molecule has 0 atom stereocenters. The van der Waals surface area contributed by atoms with Gasteiger partial charge in [0, 0.05) is 9.13 Å². The van der Waals surface area contributed by atoms with Gasteiger partial charge in [0.2, 0.25) is 0 Å². The van der Waals surface area contributed by atoms with Crippen LogP contribution in [-0.2, 0) is 6.18 Å². The van der Waals surface area contributed by atoms with E-state index in [1.54, 1.807) is 12.1 Å². The average molecular weight is 373 g/mol. The highest BCUT2D eigenvalue weighted by molar-refractivity contribution is 14.1. The van der Waals surface area contributed by atoms with E-state index in [-0.39, 0.29) is 5.02 Å². The normalized spacial score (nSPS) is 11.8. The summed E-state index contributed by atoms with van der Waals surface area (Å²) in [6.07, 6.45) is -2.95. The summed E-state index contributed by atoms with van der Waals surface area (Å²) in [5.41, 5.74) is -0.285. The van der Waals surface area contributed by atoms with Gasteiger partial charge in [-0.3, -0.25) is 0 Å². The lowest BCUT2D eigenvalue weighted by atomic mass is 10.1. The van der Waals surface area contributed by atoms with Crippen molar-refractivity contribution < 1.29 is 17.6 Å². The fourth-order valence-corrected chi connectivity index (χ4v) is 2.76. The molecular formula is C11H5ClF3IO. The lowest BCUT2D eigenvalue weighted by Gasteiger charge is -2.11. The molecule has 1 aromatic heterocycles. The first kappa shape index (κ1) is 12.8. The van der Waals surface area contributed by atoms with E-state index in [0.29, 0.717) is 14.9 Å². The molecule has 0 aliphatic carbocycles. The van der Waals surface area contributed by atoms with Crippen molar-refractivity contribution >= 4 is 34.2 Å². The number of benzene rings is 1. The molecule has 0 saturated carbocycles. The van der Waals surface area contributed by atoms with Crippen LogP contribution in [0.2, 0.25) is 5.02 Å². The van der Waals surface area contributed by atoms with Crippen molar-refractivity contribution in [3.8, 4) is 11.3 Å². The zero-order valence-electron chi connectivity index (χ0n) is 8.18. The van der Waals surface area contributed by atoms with Gasteiger partial charge in [-0.25, -0.2) is 0 Å². The van der Waals surface area contributed by atoms with E-state index in [1.807, 2.05) is 22.6 Å². The highest BCUT2D eigenvalue weighted by atomic mass is 127. The van der Waals surface area contributed by atoms with Crippen LogP contribution in [0.25, 0.3) is 11.3 Å². The highest BCUT2D eigenvalue weighted by Crippen LogP contribution is 2.38. The zero-order valence-corrected chi connectivity index (χ0v) is 11.1. The number of hydrogen-bond acceptors (Lipinski definition) is 1. The molecule has 1 nitrogen and oxygen atoms in total. The number of rotatable bonds is 1. The molecular weight excluding hydrogens is 367 g/mol. The molecule has 2 rings (SSSR count). The second-order valence-electron chi connectivity index (χ2n) is 3.29. The van der Waals surface area contributed by atoms with E-state index in [2.05, 4.69) is 0 Å². The first-order valence-electron chi connectivity index (χ1n) is 4.49. The van der Waals surface area contributed by atoms with Crippen molar-refractivity contribution in [1.29, 1.82) is 0 Å². The number of hydrogen-bond donors (Lipinski definition) is 0. The van der Waals surface area contributed by atoms with Gasteiger partial charge in [0.15, 0.2) is 0 Å². The van der Waals surface area contributed by atoms with Crippen LogP contribution < -0.4 is 0 Å². The molecule has 0 amide bonds. The summed E-state index contributed by atoms with van der Waals surface area (Å²) in [6.45, 7) is 0. The Labute approximate surface area is 114 Å². The van der Waals surface area contributed by atoms with Crippen LogP contribution in [-0.4, -0.2) is 0 Å². The van der Waals surface area contributed by atoms with Gasteiger partial charge in [0.1, 0.15) is 5.76 Å². The Bertz CT molecular complexity index is 511. The van der Waals surface area contributed by atoms with Crippen LogP contribution in [0.15, 0.2) is 34.9 Å². The fraction of sp³-hybridized carbons (Fsp3) is 0.0909. The van der Waals surface area contributed by atoms with Crippen molar-refractivity contribution in [3.63, 3.8) is 0 Å². The monoisotopic (exact) mass is 372 g/mol. The second-order valence-corrected chi connectivity index (χ2v) is 4.86. The van der Waals surface area contributed by atoms with E-state index >= 15 is 0 Å². The van der Waals surface area contributed by atoms with Crippen LogP contribution >= 0.6 is 34.2 Å². The van der Waals surface area contributed by atoms with Gasteiger partial charge in [0.25, 0.3) is 0 Å². The molecule has 1 heterocycles. The average Bonchev–Trinajstić information content (AvgIpc) is 2.68. The molecule has 0 aliphatic heterocycles. The lowest BCUT2D eigenvalue weighted by Crippen LogP contribution is -2.05. The topological polar surface area (TPSA) is 13.1 Å². The zero-order chi connectivity index (χ0) is 12.6. The summed E-state index contributed by atoms with van der Waals surface area (Å²) in [4.78, 5) is 0. The Balaban J connectivity index is 2.58. The third-order valence-corrected chi connectivity index (χ3v) is 3.29. The molecule has 0 spiro atoms. The standard InChI is InChI=1S/C11H5ClF3IO/c12-7-4-6(11(13,14)15)5-8(16)10(7)9-2-1-3-17-9/h1-5H. The summed E-state index contributed by atoms with van der Waals surface area (Å²) in [6, 6.07) is 5.25. The maximum absolute atomic E-state index is 12.5.